The molecule has 0 N–H and O–H groups in total. The van der Waals surface area contributed by atoms with Crippen molar-refractivity contribution in [1.29, 1.82) is 0 Å². The lowest BCUT2D eigenvalue weighted by Gasteiger charge is -2.15. The van der Waals surface area contributed by atoms with E-state index < -0.39 is 0 Å². The second-order valence-corrected chi connectivity index (χ2v) is 8.26. The Morgan fingerprint density at radius 3 is 2.52 bits per heavy atom. The number of hydrogen-bond acceptors (Lipinski definition) is 3. The van der Waals surface area contributed by atoms with Gasteiger partial charge in [-0.1, -0.05) is 47.5 Å². The van der Waals surface area contributed by atoms with E-state index >= 15 is 0 Å². The van der Waals surface area contributed by atoms with E-state index in [9.17, 15) is 0 Å². The summed E-state index contributed by atoms with van der Waals surface area (Å²) < 4.78 is 12.8. The second-order valence-electron chi connectivity index (χ2n) is 6.29. The Balaban J connectivity index is 1.87. The van der Waals surface area contributed by atoms with Gasteiger partial charge >= 0.3 is 0 Å². The van der Waals surface area contributed by atoms with Gasteiger partial charge in [0.25, 0.3) is 0 Å². The summed E-state index contributed by atoms with van der Waals surface area (Å²) >= 11 is 14.7. The summed E-state index contributed by atoms with van der Waals surface area (Å²) in [5.41, 5.74) is 3.63. The zero-order valence-electron chi connectivity index (χ0n) is 16.1. The molecule has 3 nitrogen and oxygen atoms in total. The summed E-state index contributed by atoms with van der Waals surface area (Å²) in [6, 6.07) is 17.3. The van der Waals surface area contributed by atoms with Crippen LogP contribution in [-0.2, 0) is 6.61 Å². The summed E-state index contributed by atoms with van der Waals surface area (Å²) in [5.74, 6) is 1.37. The molecule has 29 heavy (non-hydrogen) atoms. The quantitative estimate of drug-likeness (QED) is 0.228. The number of halogens is 3. The molecule has 0 saturated carbocycles. The minimum Gasteiger partial charge on any atom is -0.490 e. The molecule has 3 aromatic rings. The number of nitrogens with zero attached hydrogens (tertiary/aromatic N) is 1. The molecule has 0 aromatic heterocycles. The smallest absolute Gasteiger partial charge is 0.175 e. The van der Waals surface area contributed by atoms with Crippen LogP contribution in [0.2, 0.25) is 10.0 Å². The Morgan fingerprint density at radius 1 is 1.00 bits per heavy atom. The Hall–Kier alpha value is -1.76. The highest BCUT2D eigenvalue weighted by Gasteiger charge is 2.13. The highest BCUT2D eigenvalue weighted by molar-refractivity contribution is 14.1. The fraction of sp³-hybridized carbons (Fsp3) is 0.174. The molecule has 0 saturated heterocycles. The van der Waals surface area contributed by atoms with Crippen LogP contribution in [0, 0.1) is 10.5 Å². The normalized spacial score (nSPS) is 11.1. The monoisotopic (exact) mass is 539 g/mol. The molecule has 3 rings (SSSR count). The van der Waals surface area contributed by atoms with E-state index in [-0.39, 0.29) is 0 Å². The van der Waals surface area contributed by atoms with Crippen LogP contribution in [0.1, 0.15) is 23.6 Å². The Morgan fingerprint density at radius 2 is 1.76 bits per heavy atom. The van der Waals surface area contributed by atoms with E-state index in [1.807, 2.05) is 68.4 Å². The van der Waals surface area contributed by atoms with Crippen LogP contribution in [0.4, 0.5) is 5.69 Å². The van der Waals surface area contributed by atoms with Gasteiger partial charge in [-0.05, 0) is 77.9 Å². The molecule has 0 heterocycles. The maximum absolute atomic E-state index is 6.24. The van der Waals surface area contributed by atoms with Crippen molar-refractivity contribution in [2.45, 2.75) is 20.5 Å². The van der Waals surface area contributed by atoms with Crippen LogP contribution in [0.5, 0.6) is 11.5 Å². The van der Waals surface area contributed by atoms with Crippen molar-refractivity contribution in [2.24, 2.45) is 4.99 Å². The van der Waals surface area contributed by atoms with E-state index in [4.69, 9.17) is 32.7 Å². The van der Waals surface area contributed by atoms with Gasteiger partial charge in [0.1, 0.15) is 6.61 Å². The molecule has 6 heteroatoms. The van der Waals surface area contributed by atoms with Crippen molar-refractivity contribution in [3.05, 3.63) is 84.9 Å². The van der Waals surface area contributed by atoms with Gasteiger partial charge in [-0.2, -0.15) is 0 Å². The minimum atomic E-state index is 0.366. The third kappa shape index (κ3) is 5.65. The molecule has 150 valence electrons. The maximum atomic E-state index is 6.24. The van der Waals surface area contributed by atoms with E-state index in [1.54, 1.807) is 6.21 Å². The van der Waals surface area contributed by atoms with E-state index in [0.29, 0.717) is 34.8 Å². The summed E-state index contributed by atoms with van der Waals surface area (Å²) in [7, 11) is 0. The third-order valence-electron chi connectivity index (χ3n) is 4.25. The lowest BCUT2D eigenvalue weighted by molar-refractivity contribution is 0.267. The maximum Gasteiger partial charge on any atom is 0.175 e. The zero-order valence-corrected chi connectivity index (χ0v) is 19.8. The molecule has 0 fully saturated rings. The van der Waals surface area contributed by atoms with Gasteiger partial charge in [0.2, 0.25) is 0 Å². The van der Waals surface area contributed by atoms with E-state index in [2.05, 4.69) is 27.6 Å². The SMILES string of the molecule is CCOc1cc(C=Nc2cccc(Cl)c2C)cc(I)c1OCc1ccccc1Cl. The first kappa shape index (κ1) is 21.9. The number of ether oxygens (including phenoxy) is 2. The van der Waals surface area contributed by atoms with Crippen molar-refractivity contribution in [2.75, 3.05) is 6.61 Å². The Labute approximate surface area is 194 Å². The molecule has 0 amide bonds. The molecular weight excluding hydrogens is 520 g/mol. The average molecular weight is 540 g/mol. The van der Waals surface area contributed by atoms with Gasteiger partial charge in [0, 0.05) is 21.8 Å². The van der Waals surface area contributed by atoms with Gasteiger partial charge in [0.05, 0.1) is 15.9 Å². The van der Waals surface area contributed by atoms with Crippen molar-refractivity contribution in [3.8, 4) is 11.5 Å². The van der Waals surface area contributed by atoms with Gasteiger partial charge < -0.3 is 9.47 Å². The van der Waals surface area contributed by atoms with E-state index in [0.717, 1.165) is 25.9 Å². The van der Waals surface area contributed by atoms with Gasteiger partial charge in [-0.15, -0.1) is 0 Å². The van der Waals surface area contributed by atoms with E-state index in [1.165, 1.54) is 0 Å². The van der Waals surface area contributed by atoms with Crippen LogP contribution < -0.4 is 9.47 Å². The summed E-state index contributed by atoms with van der Waals surface area (Å²) in [6.45, 7) is 4.80. The molecule has 0 radical (unpaired) electrons. The van der Waals surface area contributed by atoms with Crippen molar-refractivity contribution in [3.63, 3.8) is 0 Å². The highest BCUT2D eigenvalue weighted by Crippen LogP contribution is 2.35. The van der Waals surface area contributed by atoms with Crippen molar-refractivity contribution >= 4 is 57.7 Å². The highest BCUT2D eigenvalue weighted by atomic mass is 127. The first-order valence-corrected chi connectivity index (χ1v) is 10.9. The summed E-state index contributed by atoms with van der Waals surface area (Å²) in [6.07, 6.45) is 1.81. The molecule has 0 unspecified atom stereocenters. The number of benzene rings is 3. The first-order valence-electron chi connectivity index (χ1n) is 9.11. The Kier molecular flexibility index (Phi) is 7.81. The molecular formula is C23H20Cl2INO2. The molecule has 3 aromatic carbocycles. The number of rotatable bonds is 7. The molecule has 0 spiro atoms. The fourth-order valence-electron chi connectivity index (χ4n) is 2.71. The van der Waals surface area contributed by atoms with Crippen LogP contribution in [0.25, 0.3) is 0 Å². The standard InChI is InChI=1S/C23H20Cl2INO2/c1-3-28-22-12-16(13-27-21-10-6-9-18(24)15(21)2)11-20(26)23(22)29-14-17-7-4-5-8-19(17)25/h4-13H,3,14H2,1-2H3. The Bertz CT molecular complexity index is 1040. The number of aliphatic imine (C=N–C) groups is 1. The zero-order chi connectivity index (χ0) is 20.8. The van der Waals surface area contributed by atoms with Crippen molar-refractivity contribution in [1.82, 2.24) is 0 Å². The van der Waals surface area contributed by atoms with Crippen LogP contribution >= 0.6 is 45.8 Å². The lowest BCUT2D eigenvalue weighted by Crippen LogP contribution is -2.03. The van der Waals surface area contributed by atoms with Crippen LogP contribution in [0.15, 0.2) is 59.6 Å². The fourth-order valence-corrected chi connectivity index (χ4v) is 3.85. The largest absolute Gasteiger partial charge is 0.490 e. The summed E-state index contributed by atoms with van der Waals surface area (Å²) in [5, 5.41) is 1.38. The lowest BCUT2D eigenvalue weighted by atomic mass is 10.2. The van der Waals surface area contributed by atoms with Gasteiger partial charge in [0.15, 0.2) is 11.5 Å². The second kappa shape index (κ2) is 10.3. The summed E-state index contributed by atoms with van der Waals surface area (Å²) in [4.78, 5) is 4.59. The minimum absolute atomic E-state index is 0.366. The third-order valence-corrected chi connectivity index (χ3v) is 5.83. The number of hydrogen-bond donors (Lipinski definition) is 0. The topological polar surface area (TPSA) is 30.8 Å². The van der Waals surface area contributed by atoms with Crippen LogP contribution in [-0.4, -0.2) is 12.8 Å². The first-order chi connectivity index (χ1) is 14.0. The van der Waals surface area contributed by atoms with Crippen LogP contribution in [0.3, 0.4) is 0 Å². The molecule has 0 bridgehead atoms. The average Bonchev–Trinajstić information content (AvgIpc) is 2.70. The molecule has 0 aliphatic carbocycles. The van der Waals surface area contributed by atoms with Crippen molar-refractivity contribution < 1.29 is 9.47 Å². The molecule has 0 aliphatic heterocycles. The molecule has 0 aliphatic rings. The molecule has 0 atom stereocenters. The predicted molar refractivity (Wildman–Crippen MR) is 130 cm³/mol. The predicted octanol–water partition coefficient (Wildman–Crippen LogP) is 7.63. The van der Waals surface area contributed by atoms with Gasteiger partial charge in [-0.3, -0.25) is 4.99 Å². The van der Waals surface area contributed by atoms with Gasteiger partial charge in [-0.25, -0.2) is 0 Å².